The van der Waals surface area contributed by atoms with Crippen LogP contribution in [-0.4, -0.2) is 76.9 Å². The van der Waals surface area contributed by atoms with Crippen LogP contribution in [0, 0.1) is 0 Å². The molecule has 0 saturated heterocycles. The van der Waals surface area contributed by atoms with Crippen molar-refractivity contribution in [1.82, 2.24) is 5.32 Å². The molecular weight excluding hydrogens is 312 g/mol. The Morgan fingerprint density at radius 2 is 1.95 bits per heavy atom. The first kappa shape index (κ1) is 21.4. The van der Waals surface area contributed by atoms with Crippen LogP contribution in [0.1, 0.15) is 32.6 Å². The number of aliphatic carboxylic acids is 1. The normalized spacial score (nSPS) is 16.3. The van der Waals surface area contributed by atoms with Gasteiger partial charge in [0.05, 0.1) is 12.7 Å². The minimum absolute atomic E-state index is 0.119. The van der Waals surface area contributed by atoms with Crippen molar-refractivity contribution in [3.8, 4) is 0 Å². The van der Waals surface area contributed by atoms with Crippen LogP contribution in [-0.2, 0) is 9.53 Å². The molecule has 3 unspecified atom stereocenters. The molecular formula is C12H28N2O7Si. The number of hydrogen-bond acceptors (Lipinski definition) is 8. The van der Waals surface area contributed by atoms with E-state index in [9.17, 15) is 9.90 Å². The highest BCUT2D eigenvalue weighted by molar-refractivity contribution is 6.57. The summed E-state index contributed by atoms with van der Waals surface area (Å²) in [6.07, 6.45) is 1.19. The number of nitrogens with two attached hydrogens (primary N) is 1. The van der Waals surface area contributed by atoms with Crippen LogP contribution in [0.4, 0.5) is 0 Å². The van der Waals surface area contributed by atoms with Gasteiger partial charge in [0.1, 0.15) is 11.8 Å². The van der Waals surface area contributed by atoms with Gasteiger partial charge in [0, 0.05) is 6.54 Å². The first-order valence-corrected chi connectivity index (χ1v) is 9.26. The zero-order valence-electron chi connectivity index (χ0n) is 12.8. The number of aliphatic hydroxyl groups is 1. The Morgan fingerprint density at radius 1 is 1.32 bits per heavy atom. The minimum atomic E-state index is -4.34. The molecule has 132 valence electrons. The average Bonchev–Trinajstić information content (AvgIpc) is 2.41. The third-order valence-electron chi connectivity index (χ3n) is 3.11. The van der Waals surface area contributed by atoms with Gasteiger partial charge in [0.15, 0.2) is 0 Å². The number of rotatable bonds is 13. The fourth-order valence-electron chi connectivity index (χ4n) is 1.80. The molecule has 9 nitrogen and oxygen atoms in total. The van der Waals surface area contributed by atoms with Crippen LogP contribution >= 0.6 is 0 Å². The Balaban J connectivity index is 3.66. The van der Waals surface area contributed by atoms with Gasteiger partial charge in [-0.2, -0.15) is 0 Å². The summed E-state index contributed by atoms with van der Waals surface area (Å²) in [5.74, 6) is -1.01. The Kier molecular flexibility index (Phi) is 10.7. The van der Waals surface area contributed by atoms with E-state index in [0.29, 0.717) is 19.4 Å². The van der Waals surface area contributed by atoms with E-state index in [-0.39, 0.29) is 19.6 Å². The highest BCUT2D eigenvalue weighted by atomic mass is 28.4. The Bertz CT molecular complexity index is 314. The van der Waals surface area contributed by atoms with E-state index in [1.54, 1.807) is 6.92 Å². The number of aliphatic hydroxyl groups excluding tert-OH is 1. The molecule has 10 heteroatoms. The van der Waals surface area contributed by atoms with E-state index < -0.39 is 32.6 Å². The van der Waals surface area contributed by atoms with Crippen molar-refractivity contribution in [2.75, 3.05) is 19.7 Å². The lowest BCUT2D eigenvalue weighted by Gasteiger charge is -2.23. The third-order valence-corrected chi connectivity index (χ3v) is 4.55. The van der Waals surface area contributed by atoms with Gasteiger partial charge in [-0.1, -0.05) is 13.3 Å². The van der Waals surface area contributed by atoms with Crippen LogP contribution in [0.3, 0.4) is 0 Å². The number of carboxylic acid groups (broad SMARTS) is 1. The topological polar surface area (TPSA) is 166 Å². The van der Waals surface area contributed by atoms with Crippen LogP contribution in [0.25, 0.3) is 0 Å². The summed E-state index contributed by atoms with van der Waals surface area (Å²) >= 11 is 0. The monoisotopic (exact) mass is 340 g/mol. The molecule has 0 amide bonds. The molecule has 0 saturated carbocycles. The van der Waals surface area contributed by atoms with Crippen molar-refractivity contribution in [2.45, 2.75) is 50.5 Å². The van der Waals surface area contributed by atoms with Gasteiger partial charge in [-0.3, -0.25) is 4.79 Å². The fourth-order valence-corrected chi connectivity index (χ4v) is 2.66. The summed E-state index contributed by atoms with van der Waals surface area (Å²) in [6, 6.07) is -0.843. The van der Waals surface area contributed by atoms with Gasteiger partial charge < -0.3 is 40.4 Å². The van der Waals surface area contributed by atoms with E-state index >= 15 is 0 Å². The van der Waals surface area contributed by atoms with E-state index in [1.165, 1.54) is 0 Å². The summed E-state index contributed by atoms with van der Waals surface area (Å²) in [4.78, 5) is 37.9. The summed E-state index contributed by atoms with van der Waals surface area (Å²) in [5, 5.41) is 21.2. The lowest BCUT2D eigenvalue weighted by Crippen LogP contribution is -2.51. The number of carbonyl (C=O) groups is 1. The van der Waals surface area contributed by atoms with Gasteiger partial charge >= 0.3 is 14.8 Å². The Labute approximate surface area is 131 Å². The second-order valence-electron chi connectivity index (χ2n) is 5.22. The first-order valence-electron chi connectivity index (χ1n) is 7.34. The molecule has 0 aliphatic carbocycles. The van der Waals surface area contributed by atoms with Gasteiger partial charge in [-0.15, -0.1) is 0 Å². The molecule has 0 aliphatic rings. The van der Waals surface area contributed by atoms with Crippen molar-refractivity contribution in [2.24, 2.45) is 5.73 Å². The quantitative estimate of drug-likeness (QED) is 0.145. The fraction of sp³-hybridized carbons (Fsp3) is 0.917. The molecule has 0 aromatic rings. The van der Waals surface area contributed by atoms with Crippen molar-refractivity contribution in [1.29, 1.82) is 0 Å². The first-order chi connectivity index (χ1) is 10.2. The van der Waals surface area contributed by atoms with E-state index in [1.807, 2.05) is 0 Å². The number of nitrogens with one attached hydrogen (secondary N) is 1. The second kappa shape index (κ2) is 11.0. The van der Waals surface area contributed by atoms with Crippen LogP contribution in [0.15, 0.2) is 0 Å². The van der Waals surface area contributed by atoms with Crippen molar-refractivity contribution >= 4 is 14.8 Å². The van der Waals surface area contributed by atoms with Gasteiger partial charge in [-0.05, 0) is 25.8 Å². The maximum absolute atomic E-state index is 10.5. The average molecular weight is 340 g/mol. The molecule has 0 aromatic heterocycles. The smallest absolute Gasteiger partial charge is 0.480 e. The molecule has 22 heavy (non-hydrogen) atoms. The van der Waals surface area contributed by atoms with Crippen molar-refractivity contribution in [3.05, 3.63) is 0 Å². The molecule has 0 bridgehead atoms. The molecule has 3 atom stereocenters. The van der Waals surface area contributed by atoms with E-state index in [2.05, 4.69) is 5.32 Å². The predicted molar refractivity (Wildman–Crippen MR) is 80.8 cm³/mol. The highest BCUT2D eigenvalue weighted by Gasteiger charge is 2.39. The standard InChI is InChI=1S/C12H28N2O7Si/c1-2-11(22(18,19)20)21-8-9(15)7-14-6-4-3-5-10(13)12(16)17/h9-11,14-15,18-20H,2-8,13H2,1H3,(H,16,17). The molecule has 0 heterocycles. The molecule has 0 fully saturated rings. The van der Waals surface area contributed by atoms with E-state index in [4.69, 9.17) is 30.0 Å². The van der Waals surface area contributed by atoms with Crippen molar-refractivity contribution < 1.29 is 34.1 Å². The number of carboxylic acids is 1. The molecule has 0 aliphatic heterocycles. The lowest BCUT2D eigenvalue weighted by atomic mass is 10.1. The Hall–Kier alpha value is -0.593. The summed E-state index contributed by atoms with van der Waals surface area (Å²) in [6.45, 7) is 2.37. The van der Waals surface area contributed by atoms with Gasteiger partial charge in [0.25, 0.3) is 0 Å². The second-order valence-corrected chi connectivity index (χ2v) is 7.23. The van der Waals surface area contributed by atoms with E-state index in [0.717, 1.165) is 6.42 Å². The largest absolute Gasteiger partial charge is 0.523 e. The summed E-state index contributed by atoms with van der Waals surface area (Å²) in [5.41, 5.74) is 4.31. The third kappa shape index (κ3) is 10.2. The van der Waals surface area contributed by atoms with Crippen LogP contribution in [0.5, 0.6) is 0 Å². The maximum atomic E-state index is 10.5. The zero-order valence-corrected chi connectivity index (χ0v) is 13.8. The van der Waals surface area contributed by atoms with Crippen LogP contribution < -0.4 is 11.1 Å². The number of hydrogen-bond donors (Lipinski definition) is 7. The number of unbranched alkanes of at least 4 members (excludes halogenated alkanes) is 1. The zero-order chi connectivity index (χ0) is 17.2. The number of ether oxygens (including phenoxy) is 1. The molecule has 0 radical (unpaired) electrons. The Morgan fingerprint density at radius 3 is 2.45 bits per heavy atom. The van der Waals surface area contributed by atoms with Gasteiger partial charge in [-0.25, -0.2) is 0 Å². The lowest BCUT2D eigenvalue weighted by molar-refractivity contribution is -0.138. The molecule has 0 aromatic carbocycles. The minimum Gasteiger partial charge on any atom is -0.480 e. The SMILES string of the molecule is CCC(OCC(O)CNCCCCC(N)C(=O)O)[Si](O)(O)O. The summed E-state index contributed by atoms with van der Waals surface area (Å²) < 4.78 is 5.09. The highest BCUT2D eigenvalue weighted by Crippen LogP contribution is 2.07. The molecule has 0 rings (SSSR count). The molecule has 0 spiro atoms. The van der Waals surface area contributed by atoms with Crippen LogP contribution in [0.2, 0.25) is 0 Å². The molecule has 8 N–H and O–H groups in total. The van der Waals surface area contributed by atoms with Gasteiger partial charge in [0.2, 0.25) is 0 Å². The predicted octanol–water partition coefficient (Wildman–Crippen LogP) is -2.23. The summed E-state index contributed by atoms with van der Waals surface area (Å²) in [7, 11) is -4.34. The van der Waals surface area contributed by atoms with Crippen molar-refractivity contribution in [3.63, 3.8) is 0 Å². The maximum Gasteiger partial charge on any atom is 0.523 e.